The maximum Gasteiger partial charge on any atom is 0.0714 e. The number of benzene rings is 8. The predicted molar refractivity (Wildman–Crippen MR) is 219 cm³/mol. The van der Waals surface area contributed by atoms with Gasteiger partial charge in [-0.15, -0.1) is 0 Å². The van der Waals surface area contributed by atoms with Crippen LogP contribution in [0, 0.1) is 0 Å². The molecule has 11 rings (SSSR count). The smallest absolute Gasteiger partial charge is 0.0714 e. The number of fused-ring (bicyclic) bond motifs is 12. The fourth-order valence-electron chi connectivity index (χ4n) is 11.1. The third-order valence-electron chi connectivity index (χ3n) is 13.7. The summed E-state index contributed by atoms with van der Waals surface area (Å²) in [5.41, 5.74) is 11.8. The molecule has 1 nitrogen and oxygen atoms in total. The van der Waals surface area contributed by atoms with Crippen LogP contribution in [0.3, 0.4) is 0 Å². The van der Waals surface area contributed by atoms with E-state index in [2.05, 4.69) is 183 Å². The van der Waals surface area contributed by atoms with Gasteiger partial charge in [-0.1, -0.05) is 171 Å². The lowest BCUT2D eigenvalue weighted by Crippen LogP contribution is -2.54. The molecule has 1 aliphatic heterocycles. The molecular weight excluding hydrogens is 627 g/mol. The fraction of sp³-hybridized carbons (Fsp3) is 0.176. The molecule has 1 fully saturated rings. The molecule has 0 saturated heterocycles. The lowest BCUT2D eigenvalue weighted by Gasteiger charge is -2.50. The Bertz CT molecular complexity index is 2690. The predicted octanol–water partition coefficient (Wildman–Crippen LogP) is 13.3. The van der Waals surface area contributed by atoms with Gasteiger partial charge in [0, 0.05) is 16.5 Å². The molecule has 250 valence electrons. The van der Waals surface area contributed by atoms with Crippen LogP contribution in [0.4, 0.5) is 11.4 Å². The SMILES string of the molecule is CC12CCCCC1(C)N(c1ccc3c(c1)C(c1ccccc1)(c1ccccc1)c1ccc4c(ccc5ccccc54)c1-3)c1c2ccc2ccccc12. The molecule has 0 amide bonds. The molecule has 1 heteroatoms. The van der Waals surface area contributed by atoms with Gasteiger partial charge in [0.2, 0.25) is 0 Å². The molecule has 1 saturated carbocycles. The summed E-state index contributed by atoms with van der Waals surface area (Å²) in [4.78, 5) is 2.79. The number of nitrogens with zero attached hydrogens (tertiary/aromatic N) is 1. The zero-order chi connectivity index (χ0) is 34.7. The Labute approximate surface area is 306 Å². The fourth-order valence-corrected chi connectivity index (χ4v) is 11.1. The highest BCUT2D eigenvalue weighted by Crippen LogP contribution is 2.64. The molecule has 3 aliphatic rings. The molecule has 1 heterocycles. The average Bonchev–Trinajstić information content (AvgIpc) is 3.62. The van der Waals surface area contributed by atoms with Gasteiger partial charge in [-0.25, -0.2) is 0 Å². The van der Waals surface area contributed by atoms with Gasteiger partial charge in [-0.2, -0.15) is 0 Å². The van der Waals surface area contributed by atoms with Crippen molar-refractivity contribution in [3.8, 4) is 11.1 Å². The molecular formula is C51H41N. The minimum Gasteiger partial charge on any atom is -0.334 e. The largest absolute Gasteiger partial charge is 0.334 e. The van der Waals surface area contributed by atoms with Crippen molar-refractivity contribution in [3.05, 3.63) is 192 Å². The first-order valence-electron chi connectivity index (χ1n) is 19.1. The Hall–Kier alpha value is -5.66. The van der Waals surface area contributed by atoms with Gasteiger partial charge >= 0.3 is 0 Å². The van der Waals surface area contributed by atoms with E-state index in [1.54, 1.807) is 0 Å². The summed E-state index contributed by atoms with van der Waals surface area (Å²) in [6.45, 7) is 5.11. The zero-order valence-electron chi connectivity index (χ0n) is 29.9. The molecule has 8 aromatic rings. The van der Waals surface area contributed by atoms with Gasteiger partial charge in [0.05, 0.1) is 16.6 Å². The quantitative estimate of drug-likeness (QED) is 0.170. The zero-order valence-corrected chi connectivity index (χ0v) is 29.9. The van der Waals surface area contributed by atoms with Crippen molar-refractivity contribution in [3.63, 3.8) is 0 Å². The van der Waals surface area contributed by atoms with Gasteiger partial charge in [-0.3, -0.25) is 0 Å². The summed E-state index contributed by atoms with van der Waals surface area (Å²) in [7, 11) is 0. The summed E-state index contributed by atoms with van der Waals surface area (Å²) < 4.78 is 0. The molecule has 0 N–H and O–H groups in total. The van der Waals surface area contributed by atoms with Crippen LogP contribution < -0.4 is 4.90 Å². The van der Waals surface area contributed by atoms with Crippen molar-refractivity contribution in [2.24, 2.45) is 0 Å². The van der Waals surface area contributed by atoms with Gasteiger partial charge in [0.25, 0.3) is 0 Å². The van der Waals surface area contributed by atoms with E-state index in [-0.39, 0.29) is 11.0 Å². The lowest BCUT2D eigenvalue weighted by atomic mass is 9.61. The Morgan fingerprint density at radius 1 is 0.462 bits per heavy atom. The molecule has 2 atom stereocenters. The minimum absolute atomic E-state index is 0.0504. The summed E-state index contributed by atoms with van der Waals surface area (Å²) >= 11 is 0. The highest BCUT2D eigenvalue weighted by molar-refractivity contribution is 6.15. The molecule has 0 bridgehead atoms. The third-order valence-corrected chi connectivity index (χ3v) is 13.7. The second-order valence-electron chi connectivity index (χ2n) is 15.9. The van der Waals surface area contributed by atoms with E-state index >= 15 is 0 Å². The van der Waals surface area contributed by atoms with E-state index in [1.807, 2.05) is 0 Å². The van der Waals surface area contributed by atoms with Crippen LogP contribution in [0.15, 0.2) is 164 Å². The molecule has 0 radical (unpaired) electrons. The maximum atomic E-state index is 2.79. The van der Waals surface area contributed by atoms with Gasteiger partial charge in [0.15, 0.2) is 0 Å². The van der Waals surface area contributed by atoms with Gasteiger partial charge < -0.3 is 4.90 Å². The highest BCUT2D eigenvalue weighted by atomic mass is 15.3. The van der Waals surface area contributed by atoms with Crippen molar-refractivity contribution in [1.82, 2.24) is 0 Å². The topological polar surface area (TPSA) is 3.24 Å². The summed E-state index contributed by atoms with van der Waals surface area (Å²) in [6, 6.07) is 62.3. The number of anilines is 2. The van der Waals surface area contributed by atoms with Crippen molar-refractivity contribution >= 4 is 43.7 Å². The van der Waals surface area contributed by atoms with Crippen molar-refractivity contribution in [2.45, 2.75) is 55.9 Å². The molecule has 2 aliphatic carbocycles. The van der Waals surface area contributed by atoms with E-state index in [0.717, 1.165) is 0 Å². The lowest BCUT2D eigenvalue weighted by molar-refractivity contribution is 0.195. The highest BCUT2D eigenvalue weighted by Gasteiger charge is 2.58. The summed E-state index contributed by atoms with van der Waals surface area (Å²) in [5, 5.41) is 7.90. The van der Waals surface area contributed by atoms with Crippen LogP contribution in [0.2, 0.25) is 0 Å². The van der Waals surface area contributed by atoms with Crippen LogP contribution in [-0.4, -0.2) is 5.54 Å². The van der Waals surface area contributed by atoms with E-state index in [0.29, 0.717) is 0 Å². The van der Waals surface area contributed by atoms with Gasteiger partial charge in [-0.05, 0) is 97.8 Å². The monoisotopic (exact) mass is 667 g/mol. The minimum atomic E-state index is -0.485. The van der Waals surface area contributed by atoms with E-state index in [1.165, 1.54) is 108 Å². The molecule has 0 aromatic heterocycles. The first kappa shape index (κ1) is 30.0. The van der Waals surface area contributed by atoms with Crippen LogP contribution in [0.1, 0.15) is 67.3 Å². The van der Waals surface area contributed by atoms with E-state index in [4.69, 9.17) is 0 Å². The van der Waals surface area contributed by atoms with Crippen LogP contribution in [0.25, 0.3) is 43.4 Å². The standard InChI is InChI=1S/C51H41N/c1-49-31-13-14-32-50(49,2)52(48-40-22-12-10-16-35(40)24-29-45(48)49)38-25-27-43-46(33-38)51(36-17-5-3-6-18-36,37-19-7-4-8-20-37)44-30-28-41-39-21-11-9-15-34(39)23-26-42(41)47(43)44/h3-12,15-30,33H,13-14,31-32H2,1-2H3. The number of rotatable bonds is 3. The van der Waals surface area contributed by atoms with Gasteiger partial charge in [0.1, 0.15) is 0 Å². The Morgan fingerprint density at radius 2 is 1.06 bits per heavy atom. The third kappa shape index (κ3) is 3.68. The normalized spacial score (nSPS) is 21.2. The summed E-state index contributed by atoms with van der Waals surface area (Å²) in [6.07, 6.45) is 4.91. The van der Waals surface area contributed by atoms with Crippen molar-refractivity contribution in [1.29, 1.82) is 0 Å². The van der Waals surface area contributed by atoms with Crippen LogP contribution in [0.5, 0.6) is 0 Å². The number of hydrogen-bond acceptors (Lipinski definition) is 1. The average molecular weight is 668 g/mol. The summed E-state index contributed by atoms with van der Waals surface area (Å²) in [5.74, 6) is 0. The van der Waals surface area contributed by atoms with Crippen molar-refractivity contribution in [2.75, 3.05) is 4.90 Å². The van der Waals surface area contributed by atoms with E-state index < -0.39 is 5.41 Å². The first-order chi connectivity index (χ1) is 25.5. The Balaban J connectivity index is 1.26. The van der Waals surface area contributed by atoms with Crippen LogP contribution in [-0.2, 0) is 10.8 Å². The molecule has 2 unspecified atom stereocenters. The van der Waals surface area contributed by atoms with E-state index in [9.17, 15) is 0 Å². The van der Waals surface area contributed by atoms with Crippen LogP contribution >= 0.6 is 0 Å². The Morgan fingerprint density at radius 3 is 1.81 bits per heavy atom. The molecule has 0 spiro atoms. The second kappa shape index (κ2) is 10.7. The maximum absolute atomic E-state index is 2.79. The molecule has 52 heavy (non-hydrogen) atoms. The Kier molecular flexibility index (Phi) is 6.17. The molecule has 8 aromatic carbocycles. The second-order valence-corrected chi connectivity index (χ2v) is 15.9. The van der Waals surface area contributed by atoms with Crippen molar-refractivity contribution < 1.29 is 0 Å². The first-order valence-corrected chi connectivity index (χ1v) is 19.1. The number of hydrogen-bond donors (Lipinski definition) is 0.